The van der Waals surface area contributed by atoms with Crippen LogP contribution < -0.4 is 5.32 Å². The number of esters is 1. The molecule has 98 valence electrons. The molecule has 0 saturated heterocycles. The lowest BCUT2D eigenvalue weighted by atomic mass is 10.2. The van der Waals surface area contributed by atoms with Crippen molar-refractivity contribution < 1.29 is 19.1 Å². The van der Waals surface area contributed by atoms with Crippen molar-refractivity contribution in [3.63, 3.8) is 0 Å². The minimum absolute atomic E-state index is 0.185. The Morgan fingerprint density at radius 2 is 1.89 bits per heavy atom. The molecule has 1 aromatic carbocycles. The summed E-state index contributed by atoms with van der Waals surface area (Å²) in [5.41, 5.74) is 0.902. The third-order valence-corrected chi connectivity index (χ3v) is 2.06. The second-order valence-electron chi connectivity index (χ2n) is 3.64. The first-order chi connectivity index (χ1) is 8.72. The Labute approximate surface area is 106 Å². The van der Waals surface area contributed by atoms with Gasteiger partial charge in [0.1, 0.15) is 13.2 Å². The zero-order valence-corrected chi connectivity index (χ0v) is 10.3. The van der Waals surface area contributed by atoms with Gasteiger partial charge in [-0.1, -0.05) is 37.3 Å². The lowest BCUT2D eigenvalue weighted by Gasteiger charge is -2.06. The Balaban J connectivity index is 2.16. The zero-order valence-electron chi connectivity index (χ0n) is 10.3. The quantitative estimate of drug-likeness (QED) is 0.784. The van der Waals surface area contributed by atoms with Crippen LogP contribution in [0.25, 0.3) is 0 Å². The van der Waals surface area contributed by atoms with Crippen molar-refractivity contribution in [3.8, 4) is 0 Å². The molecule has 0 aliphatic rings. The summed E-state index contributed by atoms with van der Waals surface area (Å²) in [5, 5.41) is 2.32. The van der Waals surface area contributed by atoms with E-state index in [2.05, 4.69) is 5.32 Å². The number of amides is 1. The maximum atomic E-state index is 11.3. The number of hydrogen-bond donors (Lipinski definition) is 1. The third-order valence-electron chi connectivity index (χ3n) is 2.06. The smallest absolute Gasteiger partial charge is 0.407 e. The highest BCUT2D eigenvalue weighted by Gasteiger charge is 2.06. The fourth-order valence-electron chi connectivity index (χ4n) is 1.18. The standard InChI is InChI=1S/C13H17NO4/c1-2-8-17-13(16)14-9-12(15)18-10-11-6-4-3-5-7-11/h3-7H,2,8-10H2,1H3,(H,14,16). The summed E-state index contributed by atoms with van der Waals surface area (Å²) in [6.07, 6.45) is 0.139. The van der Waals surface area contributed by atoms with Crippen molar-refractivity contribution >= 4 is 12.1 Å². The van der Waals surface area contributed by atoms with Crippen LogP contribution in [0.4, 0.5) is 4.79 Å². The summed E-state index contributed by atoms with van der Waals surface area (Å²) >= 11 is 0. The highest BCUT2D eigenvalue weighted by molar-refractivity contribution is 5.77. The summed E-state index contributed by atoms with van der Waals surface area (Å²) in [4.78, 5) is 22.3. The first-order valence-corrected chi connectivity index (χ1v) is 5.82. The monoisotopic (exact) mass is 251 g/mol. The summed E-state index contributed by atoms with van der Waals surface area (Å²) in [5.74, 6) is -0.493. The van der Waals surface area contributed by atoms with Crippen molar-refractivity contribution in [2.75, 3.05) is 13.2 Å². The molecule has 1 N–H and O–H groups in total. The summed E-state index contributed by atoms with van der Waals surface area (Å²) in [6, 6.07) is 9.33. The van der Waals surface area contributed by atoms with Gasteiger partial charge in [0.15, 0.2) is 0 Å². The first kappa shape index (κ1) is 14.0. The molecule has 1 amide bonds. The van der Waals surface area contributed by atoms with Crippen molar-refractivity contribution in [2.45, 2.75) is 20.0 Å². The maximum absolute atomic E-state index is 11.3. The van der Waals surface area contributed by atoms with Gasteiger partial charge >= 0.3 is 12.1 Å². The number of nitrogens with one attached hydrogen (secondary N) is 1. The normalized spacial score (nSPS) is 9.61. The number of carbonyl (C=O) groups excluding carboxylic acids is 2. The van der Waals surface area contributed by atoms with E-state index in [1.165, 1.54) is 0 Å². The molecule has 1 rings (SSSR count). The number of rotatable bonds is 6. The molecule has 0 radical (unpaired) electrons. The number of alkyl carbamates (subject to hydrolysis) is 1. The lowest BCUT2D eigenvalue weighted by Crippen LogP contribution is -2.31. The minimum Gasteiger partial charge on any atom is -0.460 e. The lowest BCUT2D eigenvalue weighted by molar-refractivity contribution is -0.143. The van der Waals surface area contributed by atoms with Crippen LogP contribution in [0.5, 0.6) is 0 Å². The van der Waals surface area contributed by atoms with Crippen molar-refractivity contribution in [2.24, 2.45) is 0 Å². The second kappa shape index (κ2) is 8.11. The van der Waals surface area contributed by atoms with E-state index in [4.69, 9.17) is 9.47 Å². The molecule has 18 heavy (non-hydrogen) atoms. The molecule has 0 bridgehead atoms. The number of carbonyl (C=O) groups is 2. The summed E-state index contributed by atoms with van der Waals surface area (Å²) < 4.78 is 9.72. The molecule has 0 unspecified atom stereocenters. The zero-order chi connectivity index (χ0) is 13.2. The molecular formula is C13H17NO4. The number of benzene rings is 1. The van der Waals surface area contributed by atoms with Crippen LogP contribution >= 0.6 is 0 Å². The van der Waals surface area contributed by atoms with Crippen molar-refractivity contribution in [3.05, 3.63) is 35.9 Å². The molecule has 0 aliphatic carbocycles. The molecule has 0 fully saturated rings. The van der Waals surface area contributed by atoms with Gasteiger partial charge in [-0.05, 0) is 12.0 Å². The largest absolute Gasteiger partial charge is 0.460 e. The van der Waals surface area contributed by atoms with Crippen molar-refractivity contribution in [1.82, 2.24) is 5.32 Å². The Morgan fingerprint density at radius 3 is 2.56 bits per heavy atom. The van der Waals surface area contributed by atoms with Gasteiger partial charge in [0.05, 0.1) is 6.61 Å². The van der Waals surface area contributed by atoms with Crippen LogP contribution in [-0.4, -0.2) is 25.2 Å². The number of ether oxygens (including phenoxy) is 2. The Kier molecular flexibility index (Phi) is 6.32. The van der Waals surface area contributed by atoms with E-state index in [-0.39, 0.29) is 13.2 Å². The molecule has 5 nitrogen and oxygen atoms in total. The van der Waals surface area contributed by atoms with E-state index in [0.29, 0.717) is 6.61 Å². The van der Waals surface area contributed by atoms with Crippen LogP contribution in [-0.2, 0) is 20.9 Å². The van der Waals surface area contributed by atoms with E-state index >= 15 is 0 Å². The molecule has 0 atom stereocenters. The van der Waals surface area contributed by atoms with E-state index < -0.39 is 12.1 Å². The highest BCUT2D eigenvalue weighted by atomic mass is 16.6. The van der Waals surface area contributed by atoms with E-state index in [9.17, 15) is 9.59 Å². The highest BCUT2D eigenvalue weighted by Crippen LogP contribution is 2.00. The first-order valence-electron chi connectivity index (χ1n) is 5.82. The van der Waals surface area contributed by atoms with Gasteiger partial charge in [-0.2, -0.15) is 0 Å². The van der Waals surface area contributed by atoms with Crippen LogP contribution in [0.15, 0.2) is 30.3 Å². The molecule has 0 heterocycles. The second-order valence-corrected chi connectivity index (χ2v) is 3.64. The molecule has 0 spiro atoms. The molecule has 0 aromatic heterocycles. The van der Waals surface area contributed by atoms with Gasteiger partial charge in [0.25, 0.3) is 0 Å². The molecule has 5 heteroatoms. The predicted molar refractivity (Wildman–Crippen MR) is 65.9 cm³/mol. The van der Waals surface area contributed by atoms with Gasteiger partial charge in [-0.3, -0.25) is 4.79 Å². The van der Waals surface area contributed by atoms with Crippen molar-refractivity contribution in [1.29, 1.82) is 0 Å². The molecule has 0 aliphatic heterocycles. The third kappa shape index (κ3) is 5.89. The van der Waals surface area contributed by atoms with Crippen LogP contribution in [0.3, 0.4) is 0 Å². The molecular weight excluding hydrogens is 234 g/mol. The van der Waals surface area contributed by atoms with Crippen LogP contribution in [0.2, 0.25) is 0 Å². The van der Waals surface area contributed by atoms with Gasteiger partial charge in [-0.15, -0.1) is 0 Å². The average molecular weight is 251 g/mol. The molecule has 0 saturated carbocycles. The Morgan fingerprint density at radius 1 is 1.17 bits per heavy atom. The fraction of sp³-hybridized carbons (Fsp3) is 0.385. The van der Waals surface area contributed by atoms with E-state index in [1.807, 2.05) is 37.3 Å². The van der Waals surface area contributed by atoms with Gasteiger partial charge in [-0.25, -0.2) is 4.79 Å². The van der Waals surface area contributed by atoms with Crippen LogP contribution in [0, 0.1) is 0 Å². The summed E-state index contributed by atoms with van der Waals surface area (Å²) in [7, 11) is 0. The molecule has 1 aromatic rings. The fourth-order valence-corrected chi connectivity index (χ4v) is 1.18. The Hall–Kier alpha value is -2.04. The summed E-state index contributed by atoms with van der Waals surface area (Å²) in [6.45, 7) is 2.24. The SMILES string of the molecule is CCCOC(=O)NCC(=O)OCc1ccccc1. The van der Waals surface area contributed by atoms with Gasteiger partial charge in [0.2, 0.25) is 0 Å². The Bertz CT molecular complexity index is 378. The van der Waals surface area contributed by atoms with Crippen LogP contribution in [0.1, 0.15) is 18.9 Å². The van der Waals surface area contributed by atoms with E-state index in [0.717, 1.165) is 12.0 Å². The van der Waals surface area contributed by atoms with Gasteiger partial charge < -0.3 is 14.8 Å². The predicted octanol–water partition coefficient (Wildman–Crippen LogP) is 1.87. The van der Waals surface area contributed by atoms with Gasteiger partial charge in [0, 0.05) is 0 Å². The maximum Gasteiger partial charge on any atom is 0.407 e. The number of hydrogen-bond acceptors (Lipinski definition) is 4. The average Bonchev–Trinajstić information content (AvgIpc) is 2.41. The minimum atomic E-state index is -0.603. The van der Waals surface area contributed by atoms with E-state index in [1.54, 1.807) is 0 Å². The topological polar surface area (TPSA) is 64.6 Å².